The second-order valence-electron chi connectivity index (χ2n) is 9.97. The van der Waals surface area contributed by atoms with Crippen molar-refractivity contribution in [2.24, 2.45) is 5.92 Å². The molecule has 30 heavy (non-hydrogen) atoms. The van der Waals surface area contributed by atoms with Crippen molar-refractivity contribution in [2.45, 2.75) is 88.5 Å². The normalized spacial score (nSPS) is 22.6. The lowest BCUT2D eigenvalue weighted by atomic mass is 9.85. The molecule has 1 unspecified atom stereocenters. The minimum absolute atomic E-state index is 0.0471. The van der Waals surface area contributed by atoms with Crippen molar-refractivity contribution in [1.82, 2.24) is 9.62 Å². The highest BCUT2D eigenvalue weighted by Crippen LogP contribution is 2.34. The molecule has 1 aromatic carbocycles. The molecule has 1 aliphatic heterocycles. The van der Waals surface area contributed by atoms with Gasteiger partial charge in [-0.15, -0.1) is 0 Å². The predicted octanol–water partition coefficient (Wildman–Crippen LogP) is 3.75. The average molecular weight is 435 g/mol. The fourth-order valence-corrected chi connectivity index (χ4v) is 5.46. The summed E-state index contributed by atoms with van der Waals surface area (Å²) in [5.74, 6) is -0.0904. The number of likely N-dealkylation sites (tertiary alicyclic amines) is 1. The number of carbonyl (C=O) groups is 2. The van der Waals surface area contributed by atoms with E-state index < -0.39 is 21.5 Å². The first-order valence-corrected chi connectivity index (χ1v) is 12.4. The van der Waals surface area contributed by atoms with Gasteiger partial charge in [-0.1, -0.05) is 58.6 Å². The molecule has 3 rings (SSSR count). The molecule has 0 aromatic heterocycles. The van der Waals surface area contributed by atoms with Crippen LogP contribution in [0.1, 0.15) is 78.2 Å². The Hall–Kier alpha value is -1.89. The highest BCUT2D eigenvalue weighted by molar-refractivity contribution is 7.90. The van der Waals surface area contributed by atoms with E-state index in [1.165, 1.54) is 42.7 Å². The van der Waals surface area contributed by atoms with Crippen LogP contribution in [-0.4, -0.2) is 37.2 Å². The molecule has 1 heterocycles. The minimum Gasteiger partial charge on any atom is -0.328 e. The smallest absolute Gasteiger partial charge is 0.264 e. The van der Waals surface area contributed by atoms with Gasteiger partial charge in [-0.2, -0.15) is 0 Å². The van der Waals surface area contributed by atoms with Crippen LogP contribution in [0.2, 0.25) is 0 Å². The zero-order valence-electron chi connectivity index (χ0n) is 18.5. The first-order chi connectivity index (χ1) is 13.9. The number of nitrogens with one attached hydrogen (secondary N) is 1. The van der Waals surface area contributed by atoms with Gasteiger partial charge in [-0.25, -0.2) is 13.1 Å². The van der Waals surface area contributed by atoms with Crippen LogP contribution in [0.25, 0.3) is 0 Å². The lowest BCUT2D eigenvalue weighted by Crippen LogP contribution is -2.67. The summed E-state index contributed by atoms with van der Waals surface area (Å²) in [5, 5.41) is 0. The Morgan fingerprint density at radius 1 is 1.13 bits per heavy atom. The predicted molar refractivity (Wildman–Crippen MR) is 116 cm³/mol. The van der Waals surface area contributed by atoms with E-state index in [4.69, 9.17) is 0 Å². The maximum Gasteiger partial charge on any atom is 0.264 e. The van der Waals surface area contributed by atoms with Gasteiger partial charge >= 0.3 is 0 Å². The van der Waals surface area contributed by atoms with Crippen molar-refractivity contribution in [3.05, 3.63) is 29.8 Å². The molecular formula is C23H34N2O4S. The second-order valence-corrected chi connectivity index (χ2v) is 11.6. The third kappa shape index (κ3) is 4.71. The first kappa shape index (κ1) is 22.8. The molecule has 1 saturated heterocycles. The van der Waals surface area contributed by atoms with Gasteiger partial charge in [0, 0.05) is 13.0 Å². The maximum atomic E-state index is 12.9. The van der Waals surface area contributed by atoms with Gasteiger partial charge in [-0.3, -0.25) is 9.59 Å². The summed E-state index contributed by atoms with van der Waals surface area (Å²) in [7, 11) is -3.99. The fourth-order valence-electron chi connectivity index (χ4n) is 4.38. The average Bonchev–Trinajstić information content (AvgIpc) is 3.17. The molecule has 0 spiro atoms. The van der Waals surface area contributed by atoms with E-state index in [0.717, 1.165) is 12.0 Å². The molecule has 0 bridgehead atoms. The van der Waals surface area contributed by atoms with Crippen LogP contribution in [-0.2, 0) is 25.0 Å². The van der Waals surface area contributed by atoms with Crippen LogP contribution in [0.5, 0.6) is 0 Å². The summed E-state index contributed by atoms with van der Waals surface area (Å²) < 4.78 is 27.7. The Balaban J connectivity index is 1.64. The number of hydrogen-bond acceptors (Lipinski definition) is 4. The largest absolute Gasteiger partial charge is 0.328 e. The van der Waals surface area contributed by atoms with Crippen molar-refractivity contribution < 1.29 is 18.0 Å². The first-order valence-electron chi connectivity index (χ1n) is 10.9. The summed E-state index contributed by atoms with van der Waals surface area (Å²) in [6.07, 6.45) is 6.57. The Bertz CT molecular complexity index is 896. The van der Waals surface area contributed by atoms with Gasteiger partial charge < -0.3 is 4.90 Å². The van der Waals surface area contributed by atoms with E-state index in [2.05, 4.69) is 4.72 Å². The molecular weight excluding hydrogens is 400 g/mol. The molecule has 2 aliphatic rings. The van der Waals surface area contributed by atoms with E-state index in [1.807, 2.05) is 20.8 Å². The Kier molecular flexibility index (Phi) is 6.33. The van der Waals surface area contributed by atoms with Gasteiger partial charge in [-0.05, 0) is 48.8 Å². The highest BCUT2D eigenvalue weighted by atomic mass is 32.2. The van der Waals surface area contributed by atoms with Crippen molar-refractivity contribution in [3.8, 4) is 0 Å². The number of sulfonamides is 1. The summed E-state index contributed by atoms with van der Waals surface area (Å²) in [4.78, 5) is 27.1. The van der Waals surface area contributed by atoms with Gasteiger partial charge in [0.05, 0.1) is 4.90 Å². The molecule has 166 valence electrons. The van der Waals surface area contributed by atoms with Crippen molar-refractivity contribution in [3.63, 3.8) is 0 Å². The van der Waals surface area contributed by atoms with Crippen LogP contribution in [0.4, 0.5) is 0 Å². The highest BCUT2D eigenvalue weighted by Gasteiger charge is 2.50. The second kappa shape index (κ2) is 8.33. The number of rotatable bonds is 6. The standard InChI is InChI=1S/C23H34N2O4S/c1-22(2,3)18-10-12-19(13-11-18)30(28,29)24-21(27)23(4)15-16-25(23)20(26)14-9-17-7-5-6-8-17/h10-13,17H,5-9,14-16H2,1-4H3,(H,24,27). The SMILES string of the molecule is CC(C)(C)c1ccc(S(=O)(=O)NC(=O)C2(C)CCN2C(=O)CCC2CCCC2)cc1. The Labute approximate surface area is 180 Å². The van der Waals surface area contributed by atoms with E-state index in [9.17, 15) is 18.0 Å². The number of hydrogen-bond donors (Lipinski definition) is 1. The lowest BCUT2D eigenvalue weighted by Gasteiger charge is -2.49. The van der Waals surface area contributed by atoms with E-state index in [0.29, 0.717) is 25.3 Å². The quantitative estimate of drug-likeness (QED) is 0.739. The molecule has 0 radical (unpaired) electrons. The molecule has 1 saturated carbocycles. The molecule has 2 amide bonds. The molecule has 1 aromatic rings. The monoisotopic (exact) mass is 434 g/mol. The van der Waals surface area contributed by atoms with Crippen LogP contribution >= 0.6 is 0 Å². The van der Waals surface area contributed by atoms with Crippen molar-refractivity contribution >= 4 is 21.8 Å². The summed E-state index contributed by atoms with van der Waals surface area (Å²) in [6, 6.07) is 6.57. The summed E-state index contributed by atoms with van der Waals surface area (Å²) in [6.45, 7) is 8.29. The van der Waals surface area contributed by atoms with Gasteiger partial charge in [0.1, 0.15) is 5.54 Å². The third-order valence-corrected chi connectivity index (χ3v) is 8.05. The molecule has 2 fully saturated rings. The van der Waals surface area contributed by atoms with Gasteiger partial charge in [0.25, 0.3) is 15.9 Å². The minimum atomic E-state index is -3.99. The molecule has 1 N–H and O–H groups in total. The maximum absolute atomic E-state index is 12.9. The molecule has 1 atom stereocenters. The van der Waals surface area contributed by atoms with Crippen LogP contribution in [0.15, 0.2) is 29.2 Å². The van der Waals surface area contributed by atoms with E-state index in [1.54, 1.807) is 19.1 Å². The Morgan fingerprint density at radius 2 is 1.73 bits per heavy atom. The Morgan fingerprint density at radius 3 is 2.23 bits per heavy atom. The van der Waals surface area contributed by atoms with Crippen LogP contribution in [0, 0.1) is 5.92 Å². The topological polar surface area (TPSA) is 83.6 Å². The molecule has 6 nitrogen and oxygen atoms in total. The van der Waals surface area contributed by atoms with Crippen LogP contribution < -0.4 is 4.72 Å². The zero-order valence-corrected chi connectivity index (χ0v) is 19.3. The fraction of sp³-hybridized carbons (Fsp3) is 0.652. The van der Waals surface area contributed by atoms with Crippen molar-refractivity contribution in [1.29, 1.82) is 0 Å². The number of amides is 2. The van der Waals surface area contributed by atoms with Crippen LogP contribution in [0.3, 0.4) is 0 Å². The number of nitrogens with zero attached hydrogens (tertiary/aromatic N) is 1. The summed E-state index contributed by atoms with van der Waals surface area (Å²) >= 11 is 0. The third-order valence-electron chi connectivity index (χ3n) is 6.71. The molecule has 7 heteroatoms. The van der Waals surface area contributed by atoms with E-state index >= 15 is 0 Å². The van der Waals surface area contributed by atoms with Gasteiger partial charge in [0.15, 0.2) is 0 Å². The number of benzene rings is 1. The van der Waals surface area contributed by atoms with Gasteiger partial charge in [0.2, 0.25) is 5.91 Å². The van der Waals surface area contributed by atoms with Crippen molar-refractivity contribution in [2.75, 3.05) is 6.54 Å². The zero-order chi connectivity index (χ0) is 22.2. The lowest BCUT2D eigenvalue weighted by molar-refractivity contribution is -0.156. The van der Waals surface area contributed by atoms with E-state index in [-0.39, 0.29) is 16.2 Å². The number of carbonyl (C=O) groups excluding carboxylic acids is 2. The molecule has 1 aliphatic carbocycles. The summed E-state index contributed by atoms with van der Waals surface area (Å²) in [5.41, 5.74) is -0.187.